The van der Waals surface area contributed by atoms with Gasteiger partial charge in [0.15, 0.2) is 0 Å². The van der Waals surface area contributed by atoms with E-state index in [1.54, 1.807) is 0 Å². The maximum atomic E-state index is 9.64. The number of nitrogens with two attached hydrogens (primary N) is 2. The first-order valence-electron chi connectivity index (χ1n) is 2.81. The molecule has 10 heteroatoms. The van der Waals surface area contributed by atoms with E-state index < -0.39 is 25.5 Å². The van der Waals surface area contributed by atoms with Gasteiger partial charge in [0.05, 0.1) is 12.8 Å². The van der Waals surface area contributed by atoms with Gasteiger partial charge < -0.3 is 10.2 Å². The van der Waals surface area contributed by atoms with Gasteiger partial charge in [0, 0.05) is 0 Å². The molecule has 0 bridgehead atoms. The molecule has 7 N–H and O–H groups in total. The third kappa shape index (κ3) is 57.4. The zero-order chi connectivity index (χ0) is 12.0. The van der Waals surface area contributed by atoms with Crippen molar-refractivity contribution in [1.82, 2.24) is 0 Å². The summed E-state index contributed by atoms with van der Waals surface area (Å²) in [5.74, 6) is -2.15. The summed E-state index contributed by atoms with van der Waals surface area (Å²) >= 11 is -4.61. The predicted molar refractivity (Wildman–Crippen MR) is 46.8 cm³/mol. The van der Waals surface area contributed by atoms with E-state index in [9.17, 15) is 9.59 Å². The molecule has 0 aliphatic rings. The number of carboxylic acids is 2. The summed E-state index contributed by atoms with van der Waals surface area (Å²) in [7, 11) is 9.70. The molecule has 0 aliphatic carbocycles. The van der Waals surface area contributed by atoms with Crippen LogP contribution in [0.4, 0.5) is 0 Å². The second-order valence-corrected chi connectivity index (χ2v) is 16.2. The number of hydrogen-bond acceptors (Lipinski definition) is 5. The van der Waals surface area contributed by atoms with E-state index >= 15 is 0 Å². The number of halogens is 2. The molecule has 91 valence electrons. The zero-order valence-corrected chi connectivity index (χ0v) is 10.6. The summed E-state index contributed by atoms with van der Waals surface area (Å²) in [5, 5.41) is 15.8. The molecule has 0 unspecified atom stereocenters. The van der Waals surface area contributed by atoms with Crippen LogP contribution in [0.2, 0.25) is 0 Å². The number of hydrogen-bond donors (Lipinski definition) is 5. The van der Waals surface area contributed by atoms with E-state index in [4.69, 9.17) is 32.8 Å². The third-order valence-electron chi connectivity index (χ3n) is 0.553. The van der Waals surface area contributed by atoms with Crippen molar-refractivity contribution in [3.05, 3.63) is 0 Å². The topological polar surface area (TPSA) is 147 Å². The monoisotopic (exact) mass is 432 g/mol. The molecule has 0 rings (SSSR count). The Hall–Kier alpha value is 0.0883. The van der Waals surface area contributed by atoms with E-state index in [-0.39, 0.29) is 12.8 Å². The Morgan fingerprint density at radius 2 is 1.21 bits per heavy atom. The van der Waals surface area contributed by atoms with E-state index in [0.29, 0.717) is 0 Å². The van der Waals surface area contributed by atoms with Gasteiger partial charge in [-0.15, -0.1) is 0 Å². The van der Waals surface area contributed by atoms with Gasteiger partial charge in [-0.1, -0.05) is 0 Å². The van der Waals surface area contributed by atoms with Gasteiger partial charge in [-0.3, -0.25) is 9.59 Å². The Bertz CT molecular complexity index is 195. The molecule has 0 saturated carbocycles. The number of rotatable bonds is 3. The molecule has 0 spiro atoms. The molecule has 0 heterocycles. The van der Waals surface area contributed by atoms with Crippen LogP contribution in [0.25, 0.3) is 0 Å². The molecular formula is C4H11Cl2N2O5Pt. The summed E-state index contributed by atoms with van der Waals surface area (Å²) < 4.78 is 17.6. The molecule has 0 aromatic rings. The van der Waals surface area contributed by atoms with Crippen molar-refractivity contribution in [3.63, 3.8) is 0 Å². The summed E-state index contributed by atoms with van der Waals surface area (Å²) in [6, 6.07) is 0. The molecule has 0 aliphatic heterocycles. The SMILES string of the molecule is O=C(O)CCC(=O)O.[NH2][Pt]([NH2])([OH])([Cl])[Cl]. The second kappa shape index (κ2) is 5.85. The summed E-state index contributed by atoms with van der Waals surface area (Å²) in [6.07, 6.45) is -0.593. The first kappa shape index (κ1) is 16.5. The van der Waals surface area contributed by atoms with Gasteiger partial charge in [0.2, 0.25) is 0 Å². The molecule has 7 nitrogen and oxygen atoms in total. The molecule has 0 fully saturated rings. The van der Waals surface area contributed by atoms with E-state index in [1.807, 2.05) is 0 Å². The van der Waals surface area contributed by atoms with Crippen molar-refractivity contribution in [2.45, 2.75) is 12.8 Å². The fourth-order valence-electron chi connectivity index (χ4n) is 0.214. The number of carbonyl (C=O) groups is 2. The van der Waals surface area contributed by atoms with Gasteiger partial charge in [0.1, 0.15) is 0 Å². The van der Waals surface area contributed by atoms with E-state index in [1.165, 1.54) is 0 Å². The molecule has 0 saturated heterocycles. The Kier molecular flexibility index (Phi) is 6.90. The van der Waals surface area contributed by atoms with Crippen LogP contribution >= 0.6 is 18.8 Å². The van der Waals surface area contributed by atoms with E-state index in [2.05, 4.69) is 8.58 Å². The first-order valence-corrected chi connectivity index (χ1v) is 12.1. The van der Waals surface area contributed by atoms with Crippen LogP contribution in [0.5, 0.6) is 0 Å². The molecule has 0 radical (unpaired) electrons. The van der Waals surface area contributed by atoms with Crippen molar-refractivity contribution in [2.24, 2.45) is 8.58 Å². The molecule has 0 aromatic carbocycles. The molecule has 0 aromatic heterocycles. The van der Waals surface area contributed by atoms with Crippen LogP contribution in [0, 0.1) is 0 Å². The zero-order valence-electron chi connectivity index (χ0n) is 6.80. The third-order valence-corrected chi connectivity index (χ3v) is 0.553. The van der Waals surface area contributed by atoms with Crippen molar-refractivity contribution >= 4 is 30.8 Å². The van der Waals surface area contributed by atoms with Crippen molar-refractivity contribution in [1.29, 1.82) is 0 Å². The van der Waals surface area contributed by atoms with Crippen LogP contribution in [-0.4, -0.2) is 25.9 Å². The second-order valence-electron chi connectivity index (χ2n) is 1.98. The molecular weight excluding hydrogens is 422 g/mol. The summed E-state index contributed by atoms with van der Waals surface area (Å²) in [5.41, 5.74) is 0. The summed E-state index contributed by atoms with van der Waals surface area (Å²) in [4.78, 5) is 19.3. The minimum absolute atomic E-state index is 0.296. The molecule has 0 amide bonds. The fraction of sp³-hybridized carbons (Fsp3) is 0.500. The first-order chi connectivity index (χ1) is 5.86. The normalized spacial score (nSPS) is 13.1. The van der Waals surface area contributed by atoms with Gasteiger partial charge >= 0.3 is 56.7 Å². The van der Waals surface area contributed by atoms with Crippen LogP contribution in [0.3, 0.4) is 0 Å². The molecule has 0 atom stereocenters. The van der Waals surface area contributed by atoms with Gasteiger partial charge in [-0.2, -0.15) is 0 Å². The maximum absolute atomic E-state index is 9.64. The number of carboxylic acid groups (broad SMARTS) is 2. The quantitative estimate of drug-likeness (QED) is 0.406. The van der Waals surface area contributed by atoms with Crippen molar-refractivity contribution < 1.29 is 37.2 Å². The Morgan fingerprint density at radius 3 is 1.29 bits per heavy atom. The van der Waals surface area contributed by atoms with E-state index in [0.717, 1.165) is 0 Å². The Balaban J connectivity index is 0. The predicted octanol–water partition coefficient (Wildman–Crippen LogP) is -0.426. The summed E-state index contributed by atoms with van der Waals surface area (Å²) in [6.45, 7) is 0. The average molecular weight is 433 g/mol. The van der Waals surface area contributed by atoms with Gasteiger partial charge in [-0.25, -0.2) is 0 Å². The number of aliphatic carboxylic acids is 2. The minimum atomic E-state index is -4.61. The molecule has 14 heavy (non-hydrogen) atoms. The Labute approximate surface area is 89.3 Å². The van der Waals surface area contributed by atoms with Crippen LogP contribution in [0.1, 0.15) is 12.8 Å². The average Bonchev–Trinajstić information content (AvgIpc) is 1.77. The van der Waals surface area contributed by atoms with Crippen LogP contribution in [-0.2, 0) is 23.2 Å². The van der Waals surface area contributed by atoms with Crippen molar-refractivity contribution in [3.8, 4) is 0 Å². The van der Waals surface area contributed by atoms with Gasteiger partial charge in [-0.05, 0) is 0 Å². The standard InChI is InChI=1S/C4H6O4.2ClH.2H2N.H2O.Pt/c5-3(6)1-2-4(7)8;;;;;;/h1-2H2,(H,5,6)(H,7,8);2*1H;3*1H2;/q;;;2*-1;;+5/p-3. The van der Waals surface area contributed by atoms with Crippen molar-refractivity contribution in [2.75, 3.05) is 0 Å². The fourth-order valence-corrected chi connectivity index (χ4v) is 0.214. The van der Waals surface area contributed by atoms with Crippen LogP contribution in [0.15, 0.2) is 0 Å². The Morgan fingerprint density at radius 1 is 1.07 bits per heavy atom. The van der Waals surface area contributed by atoms with Crippen LogP contribution < -0.4 is 8.58 Å². The van der Waals surface area contributed by atoms with Gasteiger partial charge in [0.25, 0.3) is 0 Å².